The Hall–Kier alpha value is -3.13. The molecule has 3 aromatic rings. The van der Waals surface area contributed by atoms with E-state index in [1.807, 2.05) is 42.6 Å². The number of carbonyl (C=O) groups is 1. The highest BCUT2D eigenvalue weighted by atomic mass is 16.1. The summed E-state index contributed by atoms with van der Waals surface area (Å²) in [5.41, 5.74) is 3.61. The topological polar surface area (TPSA) is 81.6 Å². The van der Waals surface area contributed by atoms with E-state index in [4.69, 9.17) is 5.26 Å². The van der Waals surface area contributed by atoms with E-state index in [-0.39, 0.29) is 5.91 Å². The Labute approximate surface area is 127 Å². The number of hydrogen-bond acceptors (Lipinski definition) is 3. The third kappa shape index (κ3) is 2.42. The molecule has 5 heteroatoms. The second-order valence-electron chi connectivity index (χ2n) is 5.01. The molecule has 2 N–H and O–H groups in total. The largest absolute Gasteiger partial charge is 0.359 e. The third-order valence-electron chi connectivity index (χ3n) is 3.55. The summed E-state index contributed by atoms with van der Waals surface area (Å²) in [7, 11) is 0. The lowest BCUT2D eigenvalue weighted by Crippen LogP contribution is -2.19. The summed E-state index contributed by atoms with van der Waals surface area (Å²) >= 11 is 0. The summed E-state index contributed by atoms with van der Waals surface area (Å²) in [6, 6.07) is 11.5. The van der Waals surface area contributed by atoms with E-state index in [0.29, 0.717) is 5.69 Å². The average molecular weight is 290 g/mol. The third-order valence-corrected chi connectivity index (χ3v) is 3.55. The maximum absolute atomic E-state index is 11.9. The number of para-hydroxylation sites is 1. The molecule has 1 amide bonds. The van der Waals surface area contributed by atoms with E-state index >= 15 is 0 Å². The van der Waals surface area contributed by atoms with Gasteiger partial charge in [0.1, 0.15) is 5.92 Å². The van der Waals surface area contributed by atoms with Crippen LogP contribution in [0.3, 0.4) is 0 Å². The van der Waals surface area contributed by atoms with Crippen molar-refractivity contribution in [3.8, 4) is 17.2 Å². The van der Waals surface area contributed by atoms with Crippen LogP contribution in [0.15, 0.2) is 48.9 Å². The molecule has 1 unspecified atom stereocenters. The van der Waals surface area contributed by atoms with E-state index in [2.05, 4.69) is 15.3 Å². The first kappa shape index (κ1) is 13.8. The van der Waals surface area contributed by atoms with E-state index in [1.54, 1.807) is 19.3 Å². The zero-order valence-electron chi connectivity index (χ0n) is 12.0. The van der Waals surface area contributed by atoms with Crippen LogP contribution in [0.4, 0.5) is 5.69 Å². The average Bonchev–Trinajstić information content (AvgIpc) is 3.00. The van der Waals surface area contributed by atoms with Crippen LogP contribution in [0.25, 0.3) is 22.0 Å². The molecule has 0 fully saturated rings. The molecule has 2 aromatic heterocycles. The fourth-order valence-electron chi connectivity index (χ4n) is 2.33. The van der Waals surface area contributed by atoms with Crippen molar-refractivity contribution < 1.29 is 4.79 Å². The fraction of sp³-hybridized carbons (Fsp3) is 0.118. The number of nitriles is 1. The summed E-state index contributed by atoms with van der Waals surface area (Å²) in [5, 5.41) is 12.6. The van der Waals surface area contributed by atoms with Crippen LogP contribution in [-0.2, 0) is 4.79 Å². The lowest BCUT2D eigenvalue weighted by atomic mass is 10.1. The molecule has 1 atom stereocenters. The molecule has 3 rings (SSSR count). The van der Waals surface area contributed by atoms with Crippen LogP contribution < -0.4 is 5.32 Å². The minimum absolute atomic E-state index is 0.310. The number of fused-ring (bicyclic) bond motifs is 1. The van der Waals surface area contributed by atoms with Crippen molar-refractivity contribution in [1.82, 2.24) is 9.97 Å². The number of nitrogens with zero attached hydrogens (tertiary/aromatic N) is 2. The van der Waals surface area contributed by atoms with E-state index in [0.717, 1.165) is 22.0 Å². The number of pyridine rings is 1. The van der Waals surface area contributed by atoms with Crippen LogP contribution in [0.1, 0.15) is 6.92 Å². The van der Waals surface area contributed by atoms with Gasteiger partial charge in [0.2, 0.25) is 5.91 Å². The van der Waals surface area contributed by atoms with Crippen molar-refractivity contribution in [2.75, 3.05) is 5.32 Å². The number of carbonyl (C=O) groups excluding carboxylic acids is 1. The van der Waals surface area contributed by atoms with Gasteiger partial charge in [-0.05, 0) is 30.7 Å². The molecule has 0 saturated heterocycles. The highest BCUT2D eigenvalue weighted by molar-refractivity contribution is 6.06. The first-order chi connectivity index (χ1) is 10.7. The first-order valence-electron chi connectivity index (χ1n) is 6.91. The van der Waals surface area contributed by atoms with E-state index in [1.165, 1.54) is 0 Å². The summed E-state index contributed by atoms with van der Waals surface area (Å²) in [5.74, 6) is -1.00. The van der Waals surface area contributed by atoms with Crippen molar-refractivity contribution in [3.63, 3.8) is 0 Å². The maximum atomic E-state index is 11.9. The molecule has 0 radical (unpaired) electrons. The van der Waals surface area contributed by atoms with Crippen molar-refractivity contribution >= 4 is 22.5 Å². The van der Waals surface area contributed by atoms with Gasteiger partial charge in [-0.3, -0.25) is 9.78 Å². The molecule has 2 heterocycles. The Balaban J connectivity index is 2.03. The molecule has 108 valence electrons. The predicted molar refractivity (Wildman–Crippen MR) is 84.9 cm³/mol. The highest BCUT2D eigenvalue weighted by Gasteiger charge is 2.15. The Kier molecular flexibility index (Phi) is 3.58. The SMILES string of the molecule is CC(C#N)C(=O)Nc1cccc2c(-c3ccncc3)c[nH]c12. The number of aromatic nitrogens is 2. The number of anilines is 1. The van der Waals surface area contributed by atoms with Gasteiger partial charge in [-0.15, -0.1) is 0 Å². The van der Waals surface area contributed by atoms with Gasteiger partial charge in [-0.25, -0.2) is 0 Å². The molecule has 0 bridgehead atoms. The molecular formula is C17H14N4O. The zero-order chi connectivity index (χ0) is 15.5. The Bertz CT molecular complexity index is 861. The van der Waals surface area contributed by atoms with Crippen LogP contribution in [0.5, 0.6) is 0 Å². The highest BCUT2D eigenvalue weighted by Crippen LogP contribution is 2.32. The Morgan fingerprint density at radius 2 is 2.09 bits per heavy atom. The molecule has 0 saturated carbocycles. The molecule has 0 aliphatic carbocycles. The van der Waals surface area contributed by atoms with Gasteiger partial charge in [-0.1, -0.05) is 12.1 Å². The molecule has 5 nitrogen and oxygen atoms in total. The minimum Gasteiger partial charge on any atom is -0.359 e. The lowest BCUT2D eigenvalue weighted by molar-refractivity contribution is -0.117. The molecule has 0 aliphatic heterocycles. The monoisotopic (exact) mass is 290 g/mol. The van der Waals surface area contributed by atoms with Crippen molar-refractivity contribution in [2.24, 2.45) is 5.92 Å². The van der Waals surface area contributed by atoms with Gasteiger partial charge in [0.25, 0.3) is 0 Å². The van der Waals surface area contributed by atoms with Gasteiger partial charge >= 0.3 is 0 Å². The van der Waals surface area contributed by atoms with Gasteiger partial charge in [-0.2, -0.15) is 5.26 Å². The summed E-state index contributed by atoms with van der Waals surface area (Å²) in [6.45, 7) is 1.58. The van der Waals surface area contributed by atoms with Crippen LogP contribution in [0.2, 0.25) is 0 Å². The van der Waals surface area contributed by atoms with Crippen molar-refractivity contribution in [1.29, 1.82) is 5.26 Å². The van der Waals surface area contributed by atoms with E-state index in [9.17, 15) is 4.79 Å². The summed E-state index contributed by atoms with van der Waals surface area (Å²) < 4.78 is 0. The molecule has 0 spiro atoms. The van der Waals surface area contributed by atoms with Crippen LogP contribution in [0, 0.1) is 17.2 Å². The second-order valence-corrected chi connectivity index (χ2v) is 5.01. The number of aromatic amines is 1. The second kappa shape index (κ2) is 5.70. The number of hydrogen-bond donors (Lipinski definition) is 2. The molecule has 22 heavy (non-hydrogen) atoms. The number of nitrogens with one attached hydrogen (secondary N) is 2. The van der Waals surface area contributed by atoms with Gasteiger partial charge in [0.15, 0.2) is 0 Å². The number of amides is 1. The van der Waals surface area contributed by atoms with Gasteiger partial charge < -0.3 is 10.3 Å². The quantitative estimate of drug-likeness (QED) is 0.776. The summed E-state index contributed by atoms with van der Waals surface area (Å²) in [6.07, 6.45) is 5.40. The minimum atomic E-state index is -0.690. The zero-order valence-corrected chi connectivity index (χ0v) is 12.0. The fourth-order valence-corrected chi connectivity index (χ4v) is 2.33. The standard InChI is InChI=1S/C17H14N4O/c1-11(9-18)17(22)21-15-4-2-3-13-14(10-20-16(13)15)12-5-7-19-8-6-12/h2-8,10-11,20H,1H3,(H,21,22). The first-order valence-corrected chi connectivity index (χ1v) is 6.91. The molecular weight excluding hydrogens is 276 g/mol. The van der Waals surface area contributed by atoms with Crippen LogP contribution in [-0.4, -0.2) is 15.9 Å². The van der Waals surface area contributed by atoms with E-state index < -0.39 is 5.92 Å². The molecule has 0 aliphatic rings. The van der Waals surface area contributed by atoms with Crippen molar-refractivity contribution in [2.45, 2.75) is 6.92 Å². The van der Waals surface area contributed by atoms with Crippen LogP contribution >= 0.6 is 0 Å². The normalized spacial score (nSPS) is 11.8. The smallest absolute Gasteiger partial charge is 0.241 e. The molecule has 1 aromatic carbocycles. The van der Waals surface area contributed by atoms with Crippen molar-refractivity contribution in [3.05, 3.63) is 48.9 Å². The Morgan fingerprint density at radius 1 is 1.32 bits per heavy atom. The number of H-pyrrole nitrogens is 1. The predicted octanol–water partition coefficient (Wildman–Crippen LogP) is 3.33. The lowest BCUT2D eigenvalue weighted by Gasteiger charge is -2.07. The number of rotatable bonds is 3. The Morgan fingerprint density at radius 3 is 2.82 bits per heavy atom. The van der Waals surface area contributed by atoms with Gasteiger partial charge in [0, 0.05) is 29.5 Å². The number of benzene rings is 1. The van der Waals surface area contributed by atoms with Gasteiger partial charge in [0.05, 0.1) is 17.3 Å². The maximum Gasteiger partial charge on any atom is 0.241 e. The summed E-state index contributed by atoms with van der Waals surface area (Å²) in [4.78, 5) is 19.1.